The minimum Gasteiger partial charge on any atom is -0.457 e. The molecule has 5 aromatic rings. The Labute approximate surface area is 151 Å². The third-order valence-electron chi connectivity index (χ3n) is 4.96. The molecule has 0 radical (unpaired) electrons. The maximum Gasteiger partial charge on any atom is 0.339 e. The van der Waals surface area contributed by atoms with E-state index in [1.807, 2.05) is 48.5 Å². The summed E-state index contributed by atoms with van der Waals surface area (Å²) >= 11 is 0. The molecule has 0 saturated heterocycles. The molecule has 0 N–H and O–H groups in total. The lowest BCUT2D eigenvalue weighted by Crippen LogP contribution is -2.06. The molecule has 0 bridgehead atoms. The fourth-order valence-electron chi connectivity index (χ4n) is 3.71. The van der Waals surface area contributed by atoms with Gasteiger partial charge in [-0.2, -0.15) is 0 Å². The van der Waals surface area contributed by atoms with Crippen LogP contribution < -0.4 is 0 Å². The van der Waals surface area contributed by atoms with Gasteiger partial charge in [0, 0.05) is 0 Å². The van der Waals surface area contributed by atoms with E-state index in [-0.39, 0.29) is 12.6 Å². The lowest BCUT2D eigenvalue weighted by Gasteiger charge is -2.13. The van der Waals surface area contributed by atoms with Gasteiger partial charge in [0.25, 0.3) is 0 Å². The van der Waals surface area contributed by atoms with E-state index in [1.54, 1.807) is 0 Å². The first kappa shape index (κ1) is 14.9. The summed E-state index contributed by atoms with van der Waals surface area (Å²) < 4.78 is 5.57. The van der Waals surface area contributed by atoms with Gasteiger partial charge in [0.05, 0.1) is 5.56 Å². The van der Waals surface area contributed by atoms with Gasteiger partial charge < -0.3 is 4.74 Å². The zero-order valence-corrected chi connectivity index (χ0v) is 14.1. The van der Waals surface area contributed by atoms with Crippen molar-refractivity contribution in [1.82, 2.24) is 0 Å². The van der Waals surface area contributed by atoms with Gasteiger partial charge in [-0.3, -0.25) is 0 Å². The van der Waals surface area contributed by atoms with E-state index in [9.17, 15) is 4.79 Å². The first-order chi connectivity index (χ1) is 12.8. The summed E-state index contributed by atoms with van der Waals surface area (Å²) in [6.45, 7) is 0.279. The van der Waals surface area contributed by atoms with Gasteiger partial charge in [0.15, 0.2) is 0 Å². The highest BCUT2D eigenvalue weighted by Gasteiger charge is 2.16. The van der Waals surface area contributed by atoms with Crippen molar-refractivity contribution in [3.8, 4) is 0 Å². The van der Waals surface area contributed by atoms with Crippen LogP contribution >= 0.6 is 0 Å². The summed E-state index contributed by atoms with van der Waals surface area (Å²) in [5, 5.41) is 6.81. The molecule has 0 saturated carbocycles. The maximum atomic E-state index is 12.7. The number of hydrogen-bond donors (Lipinski definition) is 0. The molecule has 0 aliphatic heterocycles. The Morgan fingerprint density at radius 1 is 0.654 bits per heavy atom. The summed E-state index contributed by atoms with van der Waals surface area (Å²) in [6.07, 6.45) is 0. The van der Waals surface area contributed by atoms with Gasteiger partial charge in [-0.25, -0.2) is 4.79 Å². The van der Waals surface area contributed by atoms with Gasteiger partial charge in [0.1, 0.15) is 6.61 Å². The van der Waals surface area contributed by atoms with Crippen LogP contribution in [0.1, 0.15) is 15.9 Å². The van der Waals surface area contributed by atoms with Crippen molar-refractivity contribution in [3.05, 3.63) is 96.1 Å². The van der Waals surface area contributed by atoms with E-state index in [1.165, 1.54) is 16.2 Å². The first-order valence-corrected chi connectivity index (χ1v) is 8.69. The average molecular weight is 336 g/mol. The summed E-state index contributed by atoms with van der Waals surface area (Å²) in [7, 11) is 0. The van der Waals surface area contributed by atoms with Crippen LogP contribution in [0, 0.1) is 0 Å². The number of carbonyl (C=O) groups excluding carboxylic acids is 1. The average Bonchev–Trinajstić information content (AvgIpc) is 2.71. The Bertz CT molecular complexity index is 1220. The highest BCUT2D eigenvalue weighted by molar-refractivity contribution is 6.25. The normalized spacial score (nSPS) is 11.4. The molecule has 26 heavy (non-hydrogen) atoms. The SMILES string of the molecule is O=C(OCc1ccccc1)c1ccc2ccc3cccc4ccc1c2c34. The van der Waals surface area contributed by atoms with Crippen molar-refractivity contribution < 1.29 is 9.53 Å². The highest BCUT2D eigenvalue weighted by atomic mass is 16.5. The van der Waals surface area contributed by atoms with Gasteiger partial charge in [0.2, 0.25) is 0 Å². The van der Waals surface area contributed by atoms with Crippen LogP contribution in [0.5, 0.6) is 0 Å². The van der Waals surface area contributed by atoms with Crippen LogP contribution in [0.25, 0.3) is 32.3 Å². The van der Waals surface area contributed by atoms with Crippen molar-refractivity contribution in [2.45, 2.75) is 6.61 Å². The van der Waals surface area contributed by atoms with Gasteiger partial charge in [-0.1, -0.05) is 78.9 Å². The summed E-state index contributed by atoms with van der Waals surface area (Å²) in [5.41, 5.74) is 1.60. The van der Waals surface area contributed by atoms with Crippen LogP contribution in [-0.2, 0) is 11.3 Å². The zero-order valence-electron chi connectivity index (χ0n) is 14.1. The molecule has 0 spiro atoms. The largest absolute Gasteiger partial charge is 0.457 e. The van der Waals surface area contributed by atoms with E-state index < -0.39 is 0 Å². The molecule has 0 fully saturated rings. The first-order valence-electron chi connectivity index (χ1n) is 8.69. The lowest BCUT2D eigenvalue weighted by atomic mass is 9.92. The van der Waals surface area contributed by atoms with Gasteiger partial charge in [-0.15, -0.1) is 0 Å². The molecule has 0 heterocycles. The molecule has 0 aromatic heterocycles. The van der Waals surface area contributed by atoms with E-state index in [4.69, 9.17) is 4.74 Å². The van der Waals surface area contributed by atoms with E-state index >= 15 is 0 Å². The second-order valence-electron chi connectivity index (χ2n) is 6.53. The van der Waals surface area contributed by atoms with Crippen LogP contribution in [0.4, 0.5) is 0 Å². The smallest absolute Gasteiger partial charge is 0.339 e. The molecule has 2 heteroatoms. The van der Waals surface area contributed by atoms with Crippen molar-refractivity contribution >= 4 is 38.3 Å². The molecule has 2 nitrogen and oxygen atoms in total. The van der Waals surface area contributed by atoms with E-state index in [0.717, 1.165) is 21.7 Å². The van der Waals surface area contributed by atoms with Crippen LogP contribution in [0.2, 0.25) is 0 Å². The molecular formula is C24H16O2. The number of esters is 1. The van der Waals surface area contributed by atoms with Crippen molar-refractivity contribution in [2.24, 2.45) is 0 Å². The lowest BCUT2D eigenvalue weighted by molar-refractivity contribution is 0.0475. The molecule has 0 unspecified atom stereocenters. The van der Waals surface area contributed by atoms with Crippen LogP contribution in [0.15, 0.2) is 84.9 Å². The standard InChI is InChI=1S/C24H16O2/c25-24(26-15-16-5-2-1-3-6-16)21-14-12-19-10-9-17-7-4-8-18-11-13-20(21)23(19)22(17)18/h1-14H,15H2. The Morgan fingerprint density at radius 3 is 2.08 bits per heavy atom. The molecule has 124 valence electrons. The Morgan fingerprint density at radius 2 is 1.31 bits per heavy atom. The number of hydrogen-bond acceptors (Lipinski definition) is 2. The summed E-state index contributed by atoms with van der Waals surface area (Å²) in [6, 6.07) is 28.3. The number of carbonyl (C=O) groups is 1. The second-order valence-corrected chi connectivity index (χ2v) is 6.53. The van der Waals surface area contributed by atoms with Crippen molar-refractivity contribution in [3.63, 3.8) is 0 Å². The quantitative estimate of drug-likeness (QED) is 0.301. The van der Waals surface area contributed by atoms with Crippen molar-refractivity contribution in [2.75, 3.05) is 0 Å². The maximum absolute atomic E-state index is 12.7. The third kappa shape index (κ3) is 2.31. The Balaban J connectivity index is 1.62. The van der Waals surface area contributed by atoms with Gasteiger partial charge in [-0.05, 0) is 43.9 Å². The minimum absolute atomic E-state index is 0.279. The number of ether oxygens (including phenoxy) is 1. The Hall–Kier alpha value is -3.39. The molecule has 5 aromatic carbocycles. The number of rotatable bonds is 3. The van der Waals surface area contributed by atoms with E-state index in [2.05, 4.69) is 36.4 Å². The summed E-state index contributed by atoms with van der Waals surface area (Å²) in [4.78, 5) is 12.7. The van der Waals surface area contributed by atoms with Gasteiger partial charge >= 0.3 is 5.97 Å². The highest BCUT2D eigenvalue weighted by Crippen LogP contribution is 2.36. The topological polar surface area (TPSA) is 26.3 Å². The monoisotopic (exact) mass is 336 g/mol. The third-order valence-corrected chi connectivity index (χ3v) is 4.96. The fraction of sp³-hybridized carbons (Fsp3) is 0.0417. The zero-order chi connectivity index (χ0) is 17.5. The molecule has 0 atom stereocenters. The fourth-order valence-corrected chi connectivity index (χ4v) is 3.71. The molecule has 0 amide bonds. The predicted octanol–water partition coefficient (Wildman–Crippen LogP) is 5.94. The Kier molecular flexibility index (Phi) is 3.36. The minimum atomic E-state index is -0.285. The van der Waals surface area contributed by atoms with Crippen LogP contribution in [0.3, 0.4) is 0 Å². The van der Waals surface area contributed by atoms with E-state index in [0.29, 0.717) is 5.56 Å². The molecule has 5 rings (SSSR count). The molecular weight excluding hydrogens is 320 g/mol. The van der Waals surface area contributed by atoms with Crippen LogP contribution in [-0.4, -0.2) is 5.97 Å². The molecule has 0 aliphatic rings. The second kappa shape index (κ2) is 5.85. The summed E-state index contributed by atoms with van der Waals surface area (Å²) in [5.74, 6) is -0.285. The van der Waals surface area contributed by atoms with Crippen molar-refractivity contribution in [1.29, 1.82) is 0 Å². The molecule has 0 aliphatic carbocycles. The predicted molar refractivity (Wildman–Crippen MR) is 106 cm³/mol. The number of benzene rings is 5.